The van der Waals surface area contributed by atoms with E-state index in [4.69, 9.17) is 23.2 Å². The molecule has 1 heterocycles. The monoisotopic (exact) mass is 510 g/mol. The third kappa shape index (κ3) is 5.91. The highest BCUT2D eigenvalue weighted by molar-refractivity contribution is 6.42. The number of benzene rings is 2. The maximum absolute atomic E-state index is 12.5. The van der Waals surface area contributed by atoms with Crippen LogP contribution in [0.2, 0.25) is 10.0 Å². The zero-order chi connectivity index (χ0) is 24.8. The van der Waals surface area contributed by atoms with Crippen molar-refractivity contribution in [2.45, 2.75) is 12.7 Å². The number of ether oxygens (including phenoxy) is 1. The first-order chi connectivity index (χ1) is 16.2. The van der Waals surface area contributed by atoms with Crippen LogP contribution in [-0.4, -0.2) is 65.4 Å². The number of guanidine groups is 1. The van der Waals surface area contributed by atoms with Crippen LogP contribution >= 0.6 is 23.2 Å². The minimum Gasteiger partial charge on any atom is -0.435 e. The number of aliphatic imine (C=N–C) groups is 1. The number of alkyl halides is 2. The highest BCUT2D eigenvalue weighted by Crippen LogP contribution is 2.27. The van der Waals surface area contributed by atoms with Gasteiger partial charge in [0.15, 0.2) is 0 Å². The van der Waals surface area contributed by atoms with E-state index < -0.39 is 25.2 Å². The molecule has 0 spiro atoms. The summed E-state index contributed by atoms with van der Waals surface area (Å²) >= 11 is 12.2. The molecular formula is C21H18Cl2F2N6O3. The van der Waals surface area contributed by atoms with Gasteiger partial charge in [-0.25, -0.2) is 5.01 Å². The molecule has 13 heteroatoms. The molecule has 9 nitrogen and oxygen atoms in total. The van der Waals surface area contributed by atoms with Crippen molar-refractivity contribution in [3.8, 4) is 11.9 Å². The van der Waals surface area contributed by atoms with Crippen LogP contribution in [0.5, 0.6) is 5.75 Å². The number of hydrogen-bond donors (Lipinski definition) is 2. The normalized spacial score (nSPS) is 15.7. The Morgan fingerprint density at radius 3 is 2.79 bits per heavy atom. The Labute approximate surface area is 203 Å². The summed E-state index contributed by atoms with van der Waals surface area (Å²) in [5.74, 6) is -0.673. The predicted octanol–water partition coefficient (Wildman–Crippen LogP) is 3.38. The number of amides is 1. The number of hydrazone groups is 1. The second-order valence-electron chi connectivity index (χ2n) is 6.94. The number of rotatable bonds is 6. The number of nitriles is 1. The molecular weight excluding hydrogens is 493 g/mol. The molecule has 1 aliphatic heterocycles. The standard InChI is InChI=1S/C21H18Cl2F2N6O3/c1-30(18(33)10-32)17-9-31(29-19(17)12-5-6-15(22)16(23)7-12)21(27-11-26)28-13-3-2-4-14(8-13)34-20(24)25/h2-8,17,20,32H,9-10H2,1H3,(H,27,28). The Balaban J connectivity index is 1.96. The van der Waals surface area contributed by atoms with E-state index >= 15 is 0 Å². The molecule has 0 bridgehead atoms. The number of carbonyl (C=O) groups is 1. The van der Waals surface area contributed by atoms with Gasteiger partial charge in [-0.15, -0.1) is 4.99 Å². The zero-order valence-corrected chi connectivity index (χ0v) is 19.1. The lowest BCUT2D eigenvalue weighted by Gasteiger charge is -2.26. The Bertz CT molecular complexity index is 1170. The van der Waals surface area contributed by atoms with Crippen LogP contribution in [0.4, 0.5) is 14.5 Å². The van der Waals surface area contributed by atoms with Crippen LogP contribution < -0.4 is 10.1 Å². The van der Waals surface area contributed by atoms with Crippen molar-refractivity contribution in [2.75, 3.05) is 25.5 Å². The average molecular weight is 511 g/mol. The van der Waals surface area contributed by atoms with E-state index in [0.717, 1.165) is 0 Å². The molecule has 2 aromatic carbocycles. The molecule has 1 atom stereocenters. The number of hydrogen-bond acceptors (Lipinski definition) is 6. The fourth-order valence-corrected chi connectivity index (χ4v) is 3.49. The summed E-state index contributed by atoms with van der Waals surface area (Å²) in [6.07, 6.45) is 1.67. The van der Waals surface area contributed by atoms with Gasteiger partial charge in [0.2, 0.25) is 18.1 Å². The summed E-state index contributed by atoms with van der Waals surface area (Å²) in [5, 5.41) is 27.8. The molecule has 34 heavy (non-hydrogen) atoms. The Kier molecular flexibility index (Phi) is 8.22. The highest BCUT2D eigenvalue weighted by Gasteiger charge is 2.35. The number of aliphatic hydroxyl groups excluding tert-OH is 1. The van der Waals surface area contributed by atoms with Crippen molar-refractivity contribution >= 4 is 46.5 Å². The molecule has 1 amide bonds. The van der Waals surface area contributed by atoms with E-state index in [1.807, 2.05) is 0 Å². The smallest absolute Gasteiger partial charge is 0.387 e. The number of likely N-dealkylation sites (N-methyl/N-ethyl adjacent to an activating group) is 1. The lowest BCUT2D eigenvalue weighted by Crippen LogP contribution is -2.46. The van der Waals surface area contributed by atoms with Gasteiger partial charge >= 0.3 is 6.61 Å². The molecule has 178 valence electrons. The fourth-order valence-electron chi connectivity index (χ4n) is 3.20. The molecule has 0 aliphatic carbocycles. The van der Waals surface area contributed by atoms with Gasteiger partial charge in [0.1, 0.15) is 12.4 Å². The van der Waals surface area contributed by atoms with Crippen molar-refractivity contribution in [3.63, 3.8) is 0 Å². The number of anilines is 1. The minimum absolute atomic E-state index is 0.0263. The van der Waals surface area contributed by atoms with Gasteiger partial charge in [0.05, 0.1) is 28.3 Å². The Morgan fingerprint density at radius 1 is 1.38 bits per heavy atom. The van der Waals surface area contributed by atoms with Crippen molar-refractivity contribution in [2.24, 2.45) is 10.1 Å². The second kappa shape index (κ2) is 11.1. The SMILES string of the molecule is CN(C(=O)CO)C1CN(/C(=N\C#N)Nc2cccc(OC(F)F)c2)N=C1c1ccc(Cl)c(Cl)c1. The third-order valence-electron chi connectivity index (χ3n) is 4.82. The highest BCUT2D eigenvalue weighted by atomic mass is 35.5. The summed E-state index contributed by atoms with van der Waals surface area (Å²) in [4.78, 5) is 17.3. The van der Waals surface area contributed by atoms with Crippen LogP contribution in [0.1, 0.15) is 5.56 Å². The molecule has 1 unspecified atom stereocenters. The molecule has 0 aromatic heterocycles. The summed E-state index contributed by atoms with van der Waals surface area (Å²) in [6, 6.07) is 9.87. The number of nitrogens with zero attached hydrogens (tertiary/aromatic N) is 5. The molecule has 2 aromatic rings. The molecule has 0 fully saturated rings. The summed E-state index contributed by atoms with van der Waals surface area (Å²) < 4.78 is 29.5. The molecule has 0 saturated heterocycles. The summed E-state index contributed by atoms with van der Waals surface area (Å²) in [7, 11) is 1.50. The van der Waals surface area contributed by atoms with Crippen LogP contribution in [-0.2, 0) is 4.79 Å². The van der Waals surface area contributed by atoms with E-state index in [9.17, 15) is 23.9 Å². The first kappa shape index (κ1) is 25.2. The first-order valence-electron chi connectivity index (χ1n) is 9.70. The Hall–Kier alpha value is -3.46. The molecule has 0 saturated carbocycles. The topological polar surface area (TPSA) is 114 Å². The minimum atomic E-state index is -3.00. The van der Waals surface area contributed by atoms with Crippen LogP contribution in [0, 0.1) is 11.5 Å². The number of nitrogens with one attached hydrogen (secondary N) is 1. The second-order valence-corrected chi connectivity index (χ2v) is 7.76. The van der Waals surface area contributed by atoms with Crippen LogP contribution in [0.3, 0.4) is 0 Å². The van der Waals surface area contributed by atoms with Crippen LogP contribution in [0.15, 0.2) is 52.6 Å². The maximum Gasteiger partial charge on any atom is 0.387 e. The van der Waals surface area contributed by atoms with Crippen LogP contribution in [0.25, 0.3) is 0 Å². The van der Waals surface area contributed by atoms with Gasteiger partial charge in [-0.3, -0.25) is 4.79 Å². The van der Waals surface area contributed by atoms with Gasteiger partial charge in [-0.05, 0) is 24.3 Å². The summed E-state index contributed by atoms with van der Waals surface area (Å²) in [6.45, 7) is -3.64. The van der Waals surface area contributed by atoms with Gasteiger partial charge in [0, 0.05) is 24.4 Å². The largest absolute Gasteiger partial charge is 0.435 e. The van der Waals surface area contributed by atoms with Crippen molar-refractivity contribution in [3.05, 3.63) is 58.1 Å². The predicted molar refractivity (Wildman–Crippen MR) is 123 cm³/mol. The van der Waals surface area contributed by atoms with Crippen molar-refractivity contribution in [1.82, 2.24) is 9.91 Å². The van der Waals surface area contributed by atoms with Gasteiger partial charge in [-0.2, -0.15) is 19.1 Å². The molecule has 0 radical (unpaired) electrons. The number of aliphatic hydroxyl groups is 1. The fraction of sp³-hybridized carbons (Fsp3) is 0.238. The van der Waals surface area contributed by atoms with E-state index in [1.54, 1.807) is 30.5 Å². The van der Waals surface area contributed by atoms with Gasteiger partial charge in [0.25, 0.3) is 0 Å². The average Bonchev–Trinajstić information content (AvgIpc) is 3.24. The van der Waals surface area contributed by atoms with Gasteiger partial charge in [-0.1, -0.05) is 35.3 Å². The number of carbonyl (C=O) groups excluding carboxylic acids is 1. The molecule has 3 rings (SSSR count). The quantitative estimate of drug-likeness (QED) is 0.349. The molecule has 2 N–H and O–H groups in total. The van der Waals surface area contributed by atoms with E-state index in [0.29, 0.717) is 22.0 Å². The Morgan fingerprint density at radius 2 is 2.15 bits per heavy atom. The van der Waals surface area contributed by atoms with Gasteiger partial charge < -0.3 is 20.1 Å². The van der Waals surface area contributed by atoms with E-state index in [2.05, 4.69) is 20.1 Å². The third-order valence-corrected chi connectivity index (χ3v) is 5.56. The van der Waals surface area contributed by atoms with E-state index in [-0.39, 0.29) is 23.3 Å². The van der Waals surface area contributed by atoms with E-state index in [1.165, 1.54) is 35.2 Å². The lowest BCUT2D eigenvalue weighted by atomic mass is 10.0. The number of halogens is 4. The first-order valence-corrected chi connectivity index (χ1v) is 10.5. The lowest BCUT2D eigenvalue weighted by molar-refractivity contribution is -0.133. The summed E-state index contributed by atoms with van der Waals surface area (Å²) in [5.41, 5.74) is 1.27. The van der Waals surface area contributed by atoms with Crippen molar-refractivity contribution < 1.29 is 23.4 Å². The zero-order valence-electron chi connectivity index (χ0n) is 17.6. The maximum atomic E-state index is 12.5. The molecule has 1 aliphatic rings. The van der Waals surface area contributed by atoms with Crippen molar-refractivity contribution in [1.29, 1.82) is 5.26 Å².